The molecule has 0 spiro atoms. The van der Waals surface area contributed by atoms with Gasteiger partial charge in [-0.25, -0.2) is 0 Å². The normalized spacial score (nSPS) is 16.2. The van der Waals surface area contributed by atoms with E-state index in [4.69, 9.17) is 4.42 Å². The zero-order valence-electron chi connectivity index (χ0n) is 11.7. The Kier molecular flexibility index (Phi) is 4.00. The van der Waals surface area contributed by atoms with E-state index in [1.165, 1.54) is 32.1 Å². The first-order chi connectivity index (χ1) is 9.83. The van der Waals surface area contributed by atoms with E-state index in [0.717, 1.165) is 17.1 Å². The quantitative estimate of drug-likeness (QED) is 0.749. The predicted octanol–water partition coefficient (Wildman–Crippen LogP) is 4.75. The molecule has 104 valence electrons. The zero-order chi connectivity index (χ0) is 13.8. The fraction of sp³-hybridized carbons (Fsp3) is 0.389. The summed E-state index contributed by atoms with van der Waals surface area (Å²) in [4.78, 5) is 12.1. The number of hydrogen-bond donors (Lipinski definition) is 0. The molecular weight excluding hydrogens is 248 g/mol. The van der Waals surface area contributed by atoms with Crippen molar-refractivity contribution in [2.45, 2.75) is 44.4 Å². The molecule has 2 nitrogen and oxygen atoms in total. The van der Waals surface area contributed by atoms with E-state index in [1.807, 2.05) is 36.4 Å². The maximum Gasteiger partial charge on any atom is 0.170 e. The van der Waals surface area contributed by atoms with Crippen LogP contribution in [0.4, 0.5) is 0 Å². The lowest BCUT2D eigenvalue weighted by molar-refractivity contribution is 0.0986. The second-order valence-electron chi connectivity index (χ2n) is 5.60. The number of Topliss-reactive ketones (excluding diaryl/α,β-unsaturated/α-hetero) is 1. The summed E-state index contributed by atoms with van der Waals surface area (Å²) in [5.41, 5.74) is 0.753. The van der Waals surface area contributed by atoms with Crippen LogP contribution in [0.3, 0.4) is 0 Å². The molecule has 0 unspecified atom stereocenters. The monoisotopic (exact) mass is 268 g/mol. The van der Waals surface area contributed by atoms with Gasteiger partial charge in [0.2, 0.25) is 0 Å². The summed E-state index contributed by atoms with van der Waals surface area (Å²) < 4.78 is 5.89. The van der Waals surface area contributed by atoms with Gasteiger partial charge in [0.05, 0.1) is 6.42 Å². The molecule has 1 fully saturated rings. The molecule has 3 rings (SSSR count). The highest BCUT2D eigenvalue weighted by atomic mass is 16.3. The molecule has 0 bridgehead atoms. The Bertz CT molecular complexity index is 562. The minimum Gasteiger partial charge on any atom is -0.465 e. The van der Waals surface area contributed by atoms with Crippen molar-refractivity contribution >= 4 is 5.78 Å². The number of carbonyl (C=O) groups excluding carboxylic acids is 1. The fourth-order valence-electron chi connectivity index (χ4n) is 2.98. The van der Waals surface area contributed by atoms with Crippen LogP contribution in [-0.4, -0.2) is 5.78 Å². The highest BCUT2D eigenvalue weighted by molar-refractivity contribution is 5.97. The van der Waals surface area contributed by atoms with Crippen molar-refractivity contribution in [1.82, 2.24) is 0 Å². The van der Waals surface area contributed by atoms with Gasteiger partial charge in [-0.15, -0.1) is 0 Å². The maximum absolute atomic E-state index is 12.1. The van der Waals surface area contributed by atoms with E-state index >= 15 is 0 Å². The number of ketones is 1. The van der Waals surface area contributed by atoms with Gasteiger partial charge in [0.25, 0.3) is 0 Å². The highest BCUT2D eigenvalue weighted by Gasteiger charge is 2.19. The van der Waals surface area contributed by atoms with Crippen LogP contribution in [0.15, 0.2) is 46.9 Å². The summed E-state index contributed by atoms with van der Waals surface area (Å²) in [6.07, 6.45) is 6.74. The molecule has 1 aliphatic rings. The third kappa shape index (κ3) is 3.01. The van der Waals surface area contributed by atoms with Gasteiger partial charge in [0, 0.05) is 11.5 Å². The Balaban J connectivity index is 1.66. The molecule has 0 radical (unpaired) electrons. The largest absolute Gasteiger partial charge is 0.465 e. The second-order valence-corrected chi connectivity index (χ2v) is 5.60. The molecule has 1 saturated carbocycles. The average Bonchev–Trinajstić information content (AvgIpc) is 2.97. The van der Waals surface area contributed by atoms with Crippen LogP contribution in [0, 0.1) is 0 Å². The van der Waals surface area contributed by atoms with Crippen molar-refractivity contribution in [3.63, 3.8) is 0 Å². The number of carbonyl (C=O) groups is 1. The van der Waals surface area contributed by atoms with E-state index in [9.17, 15) is 4.79 Å². The van der Waals surface area contributed by atoms with Crippen LogP contribution < -0.4 is 0 Å². The van der Waals surface area contributed by atoms with Crippen molar-refractivity contribution in [3.05, 3.63) is 59.5 Å². The van der Waals surface area contributed by atoms with Crippen LogP contribution in [-0.2, 0) is 6.42 Å². The minimum absolute atomic E-state index is 0.121. The van der Waals surface area contributed by atoms with E-state index in [-0.39, 0.29) is 5.78 Å². The summed E-state index contributed by atoms with van der Waals surface area (Å²) in [7, 11) is 0. The molecule has 2 aromatic rings. The lowest BCUT2D eigenvalue weighted by Gasteiger charge is -2.19. The first-order valence-electron chi connectivity index (χ1n) is 7.50. The molecule has 0 atom stereocenters. The molecule has 2 heteroatoms. The van der Waals surface area contributed by atoms with Gasteiger partial charge in [-0.05, 0) is 25.0 Å². The number of furan rings is 1. The molecule has 0 aliphatic heterocycles. The first-order valence-corrected chi connectivity index (χ1v) is 7.50. The van der Waals surface area contributed by atoms with Crippen molar-refractivity contribution in [1.29, 1.82) is 0 Å². The molecule has 1 aromatic carbocycles. The van der Waals surface area contributed by atoms with Crippen LogP contribution in [0.2, 0.25) is 0 Å². The Morgan fingerprint density at radius 1 is 1.00 bits per heavy atom. The zero-order valence-corrected chi connectivity index (χ0v) is 11.7. The Hall–Kier alpha value is -1.83. The molecule has 1 heterocycles. The lowest BCUT2D eigenvalue weighted by atomic mass is 9.88. The van der Waals surface area contributed by atoms with Crippen LogP contribution in [0.25, 0.3) is 0 Å². The van der Waals surface area contributed by atoms with Gasteiger partial charge in [-0.3, -0.25) is 4.79 Å². The van der Waals surface area contributed by atoms with Gasteiger partial charge in [0.15, 0.2) is 5.78 Å². The summed E-state index contributed by atoms with van der Waals surface area (Å²) in [6.45, 7) is 0. The summed E-state index contributed by atoms with van der Waals surface area (Å²) >= 11 is 0. The van der Waals surface area contributed by atoms with Crippen LogP contribution >= 0.6 is 0 Å². The Morgan fingerprint density at radius 3 is 2.50 bits per heavy atom. The maximum atomic E-state index is 12.1. The number of rotatable bonds is 4. The van der Waals surface area contributed by atoms with Crippen molar-refractivity contribution < 1.29 is 9.21 Å². The van der Waals surface area contributed by atoms with Gasteiger partial charge in [0.1, 0.15) is 11.5 Å². The van der Waals surface area contributed by atoms with Gasteiger partial charge in [-0.2, -0.15) is 0 Å². The smallest absolute Gasteiger partial charge is 0.170 e. The summed E-state index contributed by atoms with van der Waals surface area (Å²) in [5, 5.41) is 0. The fourth-order valence-corrected chi connectivity index (χ4v) is 2.98. The third-order valence-corrected chi connectivity index (χ3v) is 4.12. The Morgan fingerprint density at radius 2 is 1.75 bits per heavy atom. The number of hydrogen-bond acceptors (Lipinski definition) is 2. The number of benzene rings is 1. The van der Waals surface area contributed by atoms with Crippen LogP contribution in [0.5, 0.6) is 0 Å². The summed E-state index contributed by atoms with van der Waals surface area (Å²) in [6, 6.07) is 13.4. The molecule has 1 aliphatic carbocycles. The predicted molar refractivity (Wildman–Crippen MR) is 79.0 cm³/mol. The summed E-state index contributed by atoms with van der Waals surface area (Å²) in [5.74, 6) is 2.54. The standard InChI is InChI=1S/C18H20O2/c19-17(14-7-3-1-4-8-14)13-16-11-12-18(20-16)15-9-5-2-6-10-15/h1,3-4,7-8,11-12,15H,2,5-6,9-10,13H2. The van der Waals surface area contributed by atoms with Crippen LogP contribution in [0.1, 0.15) is 59.9 Å². The van der Waals surface area contributed by atoms with E-state index in [1.54, 1.807) is 0 Å². The van der Waals surface area contributed by atoms with Gasteiger partial charge >= 0.3 is 0 Å². The lowest BCUT2D eigenvalue weighted by Crippen LogP contribution is -2.04. The van der Waals surface area contributed by atoms with E-state index in [0.29, 0.717) is 12.3 Å². The van der Waals surface area contributed by atoms with E-state index in [2.05, 4.69) is 6.07 Å². The van der Waals surface area contributed by atoms with Crippen molar-refractivity contribution in [2.24, 2.45) is 0 Å². The third-order valence-electron chi connectivity index (χ3n) is 4.12. The van der Waals surface area contributed by atoms with Crippen molar-refractivity contribution in [3.8, 4) is 0 Å². The molecule has 1 aromatic heterocycles. The average molecular weight is 268 g/mol. The molecule has 0 N–H and O–H groups in total. The topological polar surface area (TPSA) is 30.2 Å². The van der Waals surface area contributed by atoms with Gasteiger partial charge in [-0.1, -0.05) is 49.6 Å². The van der Waals surface area contributed by atoms with E-state index < -0.39 is 0 Å². The minimum atomic E-state index is 0.121. The second kappa shape index (κ2) is 6.08. The molecule has 20 heavy (non-hydrogen) atoms. The molecule has 0 saturated heterocycles. The van der Waals surface area contributed by atoms with Gasteiger partial charge < -0.3 is 4.42 Å². The SMILES string of the molecule is O=C(Cc1ccc(C2CCCCC2)o1)c1ccccc1. The Labute approximate surface area is 119 Å². The molecule has 0 amide bonds. The highest BCUT2D eigenvalue weighted by Crippen LogP contribution is 2.33. The molecular formula is C18H20O2. The first kappa shape index (κ1) is 13.2. The van der Waals surface area contributed by atoms with Crippen molar-refractivity contribution in [2.75, 3.05) is 0 Å².